The molecule has 1 rings (SSSR count). The third-order valence-corrected chi connectivity index (χ3v) is 3.11. The zero-order valence-electron chi connectivity index (χ0n) is 12.6. The Bertz CT molecular complexity index is 450. The minimum absolute atomic E-state index is 0. The van der Waals surface area contributed by atoms with E-state index in [1.54, 1.807) is 12.2 Å². The van der Waals surface area contributed by atoms with Crippen LogP contribution < -0.4 is 10.6 Å². The van der Waals surface area contributed by atoms with Gasteiger partial charge in [0.1, 0.15) is 0 Å². The van der Waals surface area contributed by atoms with Crippen molar-refractivity contribution < 1.29 is 4.79 Å². The molecule has 0 atom stereocenters. The first-order chi connectivity index (χ1) is 9.72. The van der Waals surface area contributed by atoms with Gasteiger partial charge in [0.15, 0.2) is 0 Å². The van der Waals surface area contributed by atoms with Crippen molar-refractivity contribution in [2.75, 3.05) is 11.9 Å². The van der Waals surface area contributed by atoms with E-state index >= 15 is 0 Å². The van der Waals surface area contributed by atoms with Crippen LogP contribution in [0.3, 0.4) is 0 Å². The number of anilines is 1. The fourth-order valence-electron chi connectivity index (χ4n) is 2.00. The lowest BCUT2D eigenvalue weighted by atomic mass is 10.00. The van der Waals surface area contributed by atoms with E-state index < -0.39 is 0 Å². The predicted octanol–water partition coefficient (Wildman–Crippen LogP) is 3.92. The summed E-state index contributed by atoms with van der Waals surface area (Å²) in [5.41, 5.74) is 1.97. The summed E-state index contributed by atoms with van der Waals surface area (Å²) in [5.74, 6) is -0.0778. The molecule has 0 aromatic heterocycles. The Morgan fingerprint density at radius 2 is 1.86 bits per heavy atom. The number of benzene rings is 1. The van der Waals surface area contributed by atoms with Gasteiger partial charge in [-0.3, -0.25) is 4.79 Å². The average Bonchev–Trinajstić information content (AvgIpc) is 2.46. The van der Waals surface area contributed by atoms with E-state index in [0.29, 0.717) is 12.8 Å². The Morgan fingerprint density at radius 1 is 1.24 bits per heavy atom. The molecule has 0 spiro atoms. The summed E-state index contributed by atoms with van der Waals surface area (Å²) >= 11 is 0. The number of amides is 1. The van der Waals surface area contributed by atoms with Gasteiger partial charge in [0.2, 0.25) is 5.91 Å². The Balaban J connectivity index is 0.00000400. The van der Waals surface area contributed by atoms with Crippen molar-refractivity contribution in [2.45, 2.75) is 26.3 Å². The van der Waals surface area contributed by atoms with E-state index in [-0.39, 0.29) is 24.2 Å². The Labute approximate surface area is 133 Å². The van der Waals surface area contributed by atoms with E-state index in [1.165, 1.54) is 0 Å². The van der Waals surface area contributed by atoms with E-state index in [0.717, 1.165) is 24.3 Å². The van der Waals surface area contributed by atoms with Gasteiger partial charge in [-0.1, -0.05) is 37.3 Å². The highest BCUT2D eigenvalue weighted by Gasteiger charge is 2.16. The number of nitrogens with one attached hydrogen (secondary N) is 2. The second-order valence-electron chi connectivity index (χ2n) is 4.67. The molecule has 3 nitrogen and oxygen atoms in total. The van der Waals surface area contributed by atoms with E-state index in [4.69, 9.17) is 0 Å². The van der Waals surface area contributed by atoms with Crippen molar-refractivity contribution >= 4 is 24.0 Å². The van der Waals surface area contributed by atoms with Crippen LogP contribution in [-0.4, -0.2) is 12.5 Å². The van der Waals surface area contributed by atoms with E-state index in [2.05, 4.69) is 30.7 Å². The van der Waals surface area contributed by atoms with Crippen LogP contribution in [-0.2, 0) is 11.3 Å². The number of para-hydroxylation sites is 1. The van der Waals surface area contributed by atoms with Gasteiger partial charge in [0.25, 0.3) is 0 Å². The van der Waals surface area contributed by atoms with Gasteiger partial charge in [-0.05, 0) is 31.0 Å². The summed E-state index contributed by atoms with van der Waals surface area (Å²) in [4.78, 5) is 12.3. The molecule has 0 aliphatic rings. The maximum atomic E-state index is 12.3. The van der Waals surface area contributed by atoms with Crippen LogP contribution in [0.2, 0.25) is 0 Å². The van der Waals surface area contributed by atoms with Crippen molar-refractivity contribution in [3.63, 3.8) is 0 Å². The molecule has 0 unspecified atom stereocenters. The summed E-state index contributed by atoms with van der Waals surface area (Å²) in [6, 6.07) is 7.87. The molecule has 1 amide bonds. The highest BCUT2D eigenvalue weighted by atomic mass is 35.5. The van der Waals surface area contributed by atoms with Crippen molar-refractivity contribution in [3.05, 3.63) is 55.1 Å². The lowest BCUT2D eigenvalue weighted by Gasteiger charge is -2.16. The number of hydrogen-bond acceptors (Lipinski definition) is 2. The Hall–Kier alpha value is -1.58. The summed E-state index contributed by atoms with van der Waals surface area (Å²) in [5, 5.41) is 6.29. The van der Waals surface area contributed by atoms with Gasteiger partial charge in [-0.25, -0.2) is 0 Å². The minimum atomic E-state index is -0.0998. The molecule has 0 bridgehead atoms. The highest BCUT2D eigenvalue weighted by molar-refractivity contribution is 5.93. The molecule has 2 N–H and O–H groups in total. The van der Waals surface area contributed by atoms with Crippen molar-refractivity contribution in [2.24, 2.45) is 5.92 Å². The molecule has 0 aliphatic heterocycles. The fourth-order valence-corrected chi connectivity index (χ4v) is 2.00. The van der Waals surface area contributed by atoms with Crippen LogP contribution in [0.25, 0.3) is 0 Å². The lowest BCUT2D eigenvalue weighted by Crippen LogP contribution is -2.23. The summed E-state index contributed by atoms with van der Waals surface area (Å²) in [7, 11) is 0. The molecule has 116 valence electrons. The number of halogens is 1. The summed E-state index contributed by atoms with van der Waals surface area (Å²) < 4.78 is 0. The van der Waals surface area contributed by atoms with Crippen LogP contribution in [0.4, 0.5) is 5.69 Å². The molecular formula is C17H25ClN2O. The molecule has 0 heterocycles. The number of carbonyl (C=O) groups excluding carboxylic acids is 1. The molecule has 0 saturated heterocycles. The molecule has 0 fully saturated rings. The molecule has 1 aromatic rings. The molecule has 4 heteroatoms. The average molecular weight is 309 g/mol. The second-order valence-corrected chi connectivity index (χ2v) is 4.67. The number of carbonyl (C=O) groups is 1. The molecule has 0 saturated carbocycles. The molecular weight excluding hydrogens is 284 g/mol. The van der Waals surface area contributed by atoms with Gasteiger partial charge in [-0.15, -0.1) is 25.6 Å². The van der Waals surface area contributed by atoms with Gasteiger partial charge in [0, 0.05) is 18.2 Å². The van der Waals surface area contributed by atoms with Crippen LogP contribution in [0.1, 0.15) is 25.3 Å². The van der Waals surface area contributed by atoms with E-state index in [1.807, 2.05) is 24.3 Å². The quantitative estimate of drug-likeness (QED) is 0.679. The topological polar surface area (TPSA) is 41.1 Å². The Kier molecular flexibility index (Phi) is 10.3. The largest absolute Gasteiger partial charge is 0.326 e. The zero-order chi connectivity index (χ0) is 14.8. The van der Waals surface area contributed by atoms with Crippen LogP contribution >= 0.6 is 12.4 Å². The van der Waals surface area contributed by atoms with Gasteiger partial charge >= 0.3 is 0 Å². The molecule has 1 aromatic carbocycles. The molecule has 0 aliphatic carbocycles. The number of allylic oxidation sites excluding steroid dienone is 2. The molecule has 21 heavy (non-hydrogen) atoms. The first-order valence-electron chi connectivity index (χ1n) is 7.04. The SMILES string of the molecule is C=CCC(CC=C)C(=O)Nc1ccccc1CNCC.Cl. The summed E-state index contributed by atoms with van der Waals surface area (Å²) in [6.45, 7) is 11.1. The second kappa shape index (κ2) is 11.1. The zero-order valence-corrected chi connectivity index (χ0v) is 13.4. The number of hydrogen-bond donors (Lipinski definition) is 2. The van der Waals surface area contributed by atoms with Crippen LogP contribution in [0.15, 0.2) is 49.6 Å². The fraction of sp³-hybridized carbons (Fsp3) is 0.353. The van der Waals surface area contributed by atoms with Crippen LogP contribution in [0, 0.1) is 5.92 Å². The smallest absolute Gasteiger partial charge is 0.228 e. The minimum Gasteiger partial charge on any atom is -0.326 e. The predicted molar refractivity (Wildman–Crippen MR) is 92.8 cm³/mol. The third-order valence-electron chi connectivity index (χ3n) is 3.11. The van der Waals surface area contributed by atoms with Gasteiger partial charge in [-0.2, -0.15) is 0 Å². The summed E-state index contributed by atoms with van der Waals surface area (Å²) in [6.07, 6.45) is 4.87. The van der Waals surface area contributed by atoms with Crippen LogP contribution in [0.5, 0.6) is 0 Å². The number of rotatable bonds is 9. The lowest BCUT2D eigenvalue weighted by molar-refractivity contribution is -0.119. The highest BCUT2D eigenvalue weighted by Crippen LogP contribution is 2.18. The van der Waals surface area contributed by atoms with Crippen molar-refractivity contribution in [1.82, 2.24) is 5.32 Å². The normalized spacial score (nSPS) is 9.81. The van der Waals surface area contributed by atoms with Gasteiger partial charge < -0.3 is 10.6 Å². The van der Waals surface area contributed by atoms with Crippen molar-refractivity contribution in [1.29, 1.82) is 0 Å². The first-order valence-corrected chi connectivity index (χ1v) is 7.04. The third kappa shape index (κ3) is 6.61. The first kappa shape index (κ1) is 19.4. The maximum absolute atomic E-state index is 12.3. The van der Waals surface area contributed by atoms with E-state index in [9.17, 15) is 4.79 Å². The molecule has 0 radical (unpaired) electrons. The van der Waals surface area contributed by atoms with Crippen molar-refractivity contribution in [3.8, 4) is 0 Å². The Morgan fingerprint density at radius 3 is 2.43 bits per heavy atom. The van der Waals surface area contributed by atoms with Gasteiger partial charge in [0.05, 0.1) is 0 Å². The standard InChI is InChI=1S/C17H24N2O.ClH/c1-4-9-14(10-5-2)17(20)19-16-12-8-7-11-15(16)13-18-6-3;/h4-5,7-8,11-12,14,18H,1-2,6,9-10,13H2,3H3,(H,19,20);1H. The maximum Gasteiger partial charge on any atom is 0.228 e. The monoisotopic (exact) mass is 308 g/mol.